The molecule has 2 rings (SSSR count). The fourth-order valence-electron chi connectivity index (χ4n) is 2.10. The molecule has 0 unspecified atom stereocenters. The Hall–Kier alpha value is -2.70. The first kappa shape index (κ1) is 14.7. The number of esters is 1. The Labute approximate surface area is 120 Å². The number of methoxy groups -OCH3 is 4. The molecule has 1 aromatic heterocycles. The van der Waals surface area contributed by atoms with Crippen molar-refractivity contribution in [1.29, 1.82) is 0 Å². The van der Waals surface area contributed by atoms with Crippen molar-refractivity contribution in [3.8, 4) is 17.2 Å². The molecule has 0 aliphatic heterocycles. The van der Waals surface area contributed by atoms with Gasteiger partial charge in [0.2, 0.25) is 5.75 Å². The van der Waals surface area contributed by atoms with Crippen LogP contribution in [0.25, 0.3) is 10.9 Å². The number of rotatable bonds is 4. The third kappa shape index (κ3) is 2.37. The molecule has 21 heavy (non-hydrogen) atoms. The quantitative estimate of drug-likeness (QED) is 0.856. The number of carbonyl (C=O) groups excluding carboxylic acids is 1. The second kappa shape index (κ2) is 5.74. The Morgan fingerprint density at radius 3 is 2.19 bits per heavy atom. The van der Waals surface area contributed by atoms with E-state index in [1.54, 1.807) is 6.07 Å². The summed E-state index contributed by atoms with van der Waals surface area (Å²) in [6.45, 7) is 0. The minimum absolute atomic E-state index is 0.0456. The van der Waals surface area contributed by atoms with Gasteiger partial charge in [0.15, 0.2) is 16.9 Å². The average Bonchev–Trinajstić information content (AvgIpc) is 2.51. The highest BCUT2D eigenvalue weighted by Crippen LogP contribution is 2.41. The number of carbonyl (C=O) groups is 1. The number of pyridine rings is 1. The summed E-state index contributed by atoms with van der Waals surface area (Å²) in [7, 11) is 5.57. The van der Waals surface area contributed by atoms with E-state index in [9.17, 15) is 9.59 Å². The highest BCUT2D eigenvalue weighted by atomic mass is 16.5. The van der Waals surface area contributed by atoms with Gasteiger partial charge in [-0.05, 0) is 0 Å². The lowest BCUT2D eigenvalue weighted by atomic mass is 10.1. The molecule has 7 heteroatoms. The number of hydrogen-bond acceptors (Lipinski definition) is 6. The van der Waals surface area contributed by atoms with Crippen molar-refractivity contribution >= 4 is 16.9 Å². The van der Waals surface area contributed by atoms with Crippen molar-refractivity contribution in [3.05, 3.63) is 28.0 Å². The van der Waals surface area contributed by atoms with Gasteiger partial charge in [-0.1, -0.05) is 0 Å². The van der Waals surface area contributed by atoms with Crippen molar-refractivity contribution in [3.63, 3.8) is 0 Å². The third-order valence-corrected chi connectivity index (χ3v) is 3.03. The third-order valence-electron chi connectivity index (χ3n) is 3.03. The second-order valence-electron chi connectivity index (χ2n) is 4.11. The van der Waals surface area contributed by atoms with Gasteiger partial charge in [-0.15, -0.1) is 0 Å². The van der Waals surface area contributed by atoms with Crippen LogP contribution in [0.3, 0.4) is 0 Å². The molecule has 0 fully saturated rings. The highest BCUT2D eigenvalue weighted by molar-refractivity contribution is 5.95. The lowest BCUT2D eigenvalue weighted by Crippen LogP contribution is -2.12. The van der Waals surface area contributed by atoms with Gasteiger partial charge in [-0.3, -0.25) is 4.79 Å². The van der Waals surface area contributed by atoms with Gasteiger partial charge >= 0.3 is 5.97 Å². The molecule has 0 bridgehead atoms. The molecule has 0 saturated heterocycles. The number of aromatic amines is 1. The number of H-pyrrole nitrogens is 1. The molecular formula is C14H15NO6. The summed E-state index contributed by atoms with van der Waals surface area (Å²) in [6.07, 6.45) is 0. The molecule has 1 aromatic carbocycles. The van der Waals surface area contributed by atoms with E-state index in [-0.39, 0.29) is 22.3 Å². The fourth-order valence-corrected chi connectivity index (χ4v) is 2.10. The Morgan fingerprint density at radius 2 is 1.67 bits per heavy atom. The fraction of sp³-hybridized carbons (Fsp3) is 0.286. The van der Waals surface area contributed by atoms with E-state index in [4.69, 9.17) is 14.2 Å². The number of aromatic nitrogens is 1. The lowest BCUT2D eigenvalue weighted by Gasteiger charge is -2.14. The Morgan fingerprint density at radius 1 is 1.00 bits per heavy atom. The monoisotopic (exact) mass is 293 g/mol. The van der Waals surface area contributed by atoms with Crippen molar-refractivity contribution in [2.24, 2.45) is 0 Å². The lowest BCUT2D eigenvalue weighted by molar-refractivity contribution is 0.0594. The van der Waals surface area contributed by atoms with Gasteiger partial charge in [0.05, 0.1) is 39.3 Å². The van der Waals surface area contributed by atoms with Crippen molar-refractivity contribution in [2.75, 3.05) is 28.4 Å². The molecule has 2 aromatic rings. The topological polar surface area (TPSA) is 86.9 Å². The predicted octanol–water partition coefficient (Wildman–Crippen LogP) is 1.34. The van der Waals surface area contributed by atoms with E-state index in [0.717, 1.165) is 6.07 Å². The number of nitrogens with one attached hydrogen (secondary N) is 1. The zero-order valence-corrected chi connectivity index (χ0v) is 12.1. The number of fused-ring (bicyclic) bond motifs is 1. The largest absolute Gasteiger partial charge is 0.493 e. The molecule has 0 amide bonds. The summed E-state index contributed by atoms with van der Waals surface area (Å²) < 4.78 is 20.3. The van der Waals surface area contributed by atoms with Crippen molar-refractivity contribution in [1.82, 2.24) is 4.98 Å². The molecule has 0 aliphatic carbocycles. The van der Waals surface area contributed by atoms with Crippen molar-refractivity contribution < 1.29 is 23.7 Å². The van der Waals surface area contributed by atoms with Gasteiger partial charge in [0, 0.05) is 12.1 Å². The minimum Gasteiger partial charge on any atom is -0.493 e. The summed E-state index contributed by atoms with van der Waals surface area (Å²) in [4.78, 5) is 26.7. The minimum atomic E-state index is -0.636. The Balaban J connectivity index is 2.88. The maximum absolute atomic E-state index is 12.3. The molecule has 0 radical (unpaired) electrons. The number of ether oxygens (including phenoxy) is 4. The first-order valence-electron chi connectivity index (χ1n) is 6.01. The van der Waals surface area contributed by atoms with E-state index >= 15 is 0 Å². The molecule has 1 heterocycles. The maximum atomic E-state index is 12.3. The molecule has 0 aliphatic rings. The molecular weight excluding hydrogens is 278 g/mol. The summed E-state index contributed by atoms with van der Waals surface area (Å²) in [5, 5.41) is 0.266. The number of hydrogen-bond donors (Lipinski definition) is 1. The molecule has 7 nitrogen and oxygen atoms in total. The summed E-state index contributed by atoms with van der Waals surface area (Å²) in [5.41, 5.74) is 0.0450. The summed E-state index contributed by atoms with van der Waals surface area (Å²) in [6, 6.07) is 2.72. The van der Waals surface area contributed by atoms with E-state index < -0.39 is 5.97 Å². The highest BCUT2D eigenvalue weighted by Gasteiger charge is 2.20. The Bertz CT molecular complexity index is 749. The van der Waals surface area contributed by atoms with Gasteiger partial charge in [0.25, 0.3) is 0 Å². The number of benzene rings is 1. The molecule has 112 valence electrons. The summed E-state index contributed by atoms with van der Waals surface area (Å²) >= 11 is 0. The van der Waals surface area contributed by atoms with Crippen LogP contribution in [0.2, 0.25) is 0 Å². The first-order valence-corrected chi connectivity index (χ1v) is 6.01. The van der Waals surface area contributed by atoms with Crippen LogP contribution in [0.5, 0.6) is 17.2 Å². The zero-order valence-electron chi connectivity index (χ0n) is 12.1. The standard InChI is InChI=1S/C14H15NO6/c1-18-10-6-7-11(13(20-3)12(10)19-2)9(16)5-8(15-7)14(17)21-4/h5-6H,1-4H3,(H,15,16). The smallest absolute Gasteiger partial charge is 0.354 e. The SMILES string of the molecule is COC(=O)c1cc(=O)c2c(OC)c(OC)c(OC)cc2[nH]1. The first-order chi connectivity index (χ1) is 10.1. The van der Waals surface area contributed by atoms with Crippen LogP contribution in [0.4, 0.5) is 0 Å². The van der Waals surface area contributed by atoms with E-state index in [1.165, 1.54) is 28.4 Å². The van der Waals surface area contributed by atoms with Crippen LogP contribution in [-0.4, -0.2) is 39.4 Å². The van der Waals surface area contributed by atoms with Crippen LogP contribution in [0, 0.1) is 0 Å². The second-order valence-corrected chi connectivity index (χ2v) is 4.11. The van der Waals surface area contributed by atoms with Gasteiger partial charge < -0.3 is 23.9 Å². The average molecular weight is 293 g/mol. The Kier molecular flexibility index (Phi) is 4.02. The zero-order chi connectivity index (χ0) is 15.6. The van der Waals surface area contributed by atoms with Crippen LogP contribution < -0.4 is 19.6 Å². The molecule has 0 spiro atoms. The van der Waals surface area contributed by atoms with Gasteiger partial charge in [-0.2, -0.15) is 0 Å². The van der Waals surface area contributed by atoms with Crippen LogP contribution in [0.1, 0.15) is 10.5 Å². The molecule has 0 saturated carbocycles. The van der Waals surface area contributed by atoms with Crippen LogP contribution in [0.15, 0.2) is 16.9 Å². The normalized spacial score (nSPS) is 10.3. The van der Waals surface area contributed by atoms with Crippen LogP contribution >= 0.6 is 0 Å². The van der Waals surface area contributed by atoms with Gasteiger partial charge in [0.1, 0.15) is 5.69 Å². The van der Waals surface area contributed by atoms with Crippen LogP contribution in [-0.2, 0) is 4.74 Å². The van der Waals surface area contributed by atoms with E-state index in [2.05, 4.69) is 9.72 Å². The molecule has 1 N–H and O–H groups in total. The summed E-state index contributed by atoms with van der Waals surface area (Å²) in [5.74, 6) is 0.288. The maximum Gasteiger partial charge on any atom is 0.354 e. The van der Waals surface area contributed by atoms with E-state index in [0.29, 0.717) is 17.0 Å². The molecule has 0 atom stereocenters. The van der Waals surface area contributed by atoms with Gasteiger partial charge in [-0.25, -0.2) is 4.79 Å². The van der Waals surface area contributed by atoms with E-state index in [1.807, 2.05) is 0 Å². The predicted molar refractivity (Wildman–Crippen MR) is 75.6 cm³/mol. The van der Waals surface area contributed by atoms with Crippen molar-refractivity contribution in [2.45, 2.75) is 0 Å².